The maximum Gasteiger partial charge on any atom is 0.413 e. The van der Waals surface area contributed by atoms with Crippen molar-refractivity contribution in [2.45, 2.75) is 24.4 Å². The summed E-state index contributed by atoms with van der Waals surface area (Å²) in [6.45, 7) is 1.94. The van der Waals surface area contributed by atoms with Gasteiger partial charge in [0.05, 0.1) is 5.92 Å². The number of nitrogens with two attached hydrogens (primary N) is 1. The van der Waals surface area contributed by atoms with Crippen LogP contribution in [0.4, 0.5) is 0 Å². The first-order valence-electron chi connectivity index (χ1n) is 10.9. The highest BCUT2D eigenvalue weighted by atomic mass is 32.2. The number of hydrogen-bond acceptors (Lipinski definition) is 8. The molecule has 34 heavy (non-hydrogen) atoms. The Labute approximate surface area is 205 Å². The highest BCUT2D eigenvalue weighted by Gasteiger charge is 2.59. The summed E-state index contributed by atoms with van der Waals surface area (Å²) in [4.78, 5) is 27.3. The van der Waals surface area contributed by atoms with E-state index in [-0.39, 0.29) is 17.2 Å². The number of β-lactam (4-membered cyclic amide) rings is 1. The van der Waals surface area contributed by atoms with Crippen LogP contribution in [0.25, 0.3) is 6.08 Å². The van der Waals surface area contributed by atoms with Crippen molar-refractivity contribution in [3.05, 3.63) is 88.4 Å². The van der Waals surface area contributed by atoms with Crippen molar-refractivity contribution in [1.29, 1.82) is 0 Å². The van der Waals surface area contributed by atoms with Gasteiger partial charge in [0.25, 0.3) is 5.71 Å². The van der Waals surface area contributed by atoms with Gasteiger partial charge in [-0.05, 0) is 35.7 Å². The van der Waals surface area contributed by atoms with Crippen LogP contribution in [0.2, 0.25) is 0 Å². The van der Waals surface area contributed by atoms with Crippen LogP contribution in [0.15, 0.2) is 66.7 Å². The van der Waals surface area contributed by atoms with Crippen LogP contribution in [0.3, 0.4) is 0 Å². The number of carbonyl (C=O) groups excluding carboxylic acids is 2. The first-order chi connectivity index (χ1) is 16.5. The van der Waals surface area contributed by atoms with E-state index in [9.17, 15) is 9.59 Å². The number of aromatic nitrogens is 2. The molecule has 2 N–H and O–H groups in total. The van der Waals surface area contributed by atoms with Gasteiger partial charge in [0.15, 0.2) is 6.10 Å². The molecule has 1 amide bonds. The summed E-state index contributed by atoms with van der Waals surface area (Å²) in [7, 11) is 0. The van der Waals surface area contributed by atoms with Crippen LogP contribution in [-0.2, 0) is 14.3 Å². The Morgan fingerprint density at radius 2 is 1.79 bits per heavy atom. The van der Waals surface area contributed by atoms with Crippen molar-refractivity contribution >= 4 is 47.0 Å². The Hall–Kier alpha value is -3.14. The largest absolute Gasteiger partial charge is 0.445 e. The molecule has 3 aromatic rings. The normalized spacial score (nSPS) is 22.1. The van der Waals surface area contributed by atoms with Gasteiger partial charge in [-0.3, -0.25) is 0 Å². The van der Waals surface area contributed by atoms with E-state index in [1.165, 1.54) is 16.1 Å². The van der Waals surface area contributed by atoms with Gasteiger partial charge in [-0.2, -0.15) is 0 Å². The molecule has 0 saturated carbocycles. The van der Waals surface area contributed by atoms with Crippen LogP contribution >= 0.6 is 23.3 Å². The molecule has 0 spiro atoms. The summed E-state index contributed by atoms with van der Waals surface area (Å²) in [5, 5.41) is 3.87. The molecule has 0 aliphatic carbocycles. The first-order valence-corrected chi connectivity index (χ1v) is 12.7. The van der Waals surface area contributed by atoms with Crippen molar-refractivity contribution in [3.63, 3.8) is 0 Å². The van der Waals surface area contributed by atoms with E-state index < -0.39 is 18.1 Å². The smallest absolute Gasteiger partial charge is 0.413 e. The second kappa shape index (κ2) is 9.61. The lowest BCUT2D eigenvalue weighted by molar-refractivity contribution is -0.511. The highest BCUT2D eigenvalue weighted by Crippen LogP contribution is 2.35. The van der Waals surface area contributed by atoms with Crippen molar-refractivity contribution in [1.82, 2.24) is 9.59 Å². The van der Waals surface area contributed by atoms with Crippen molar-refractivity contribution in [3.8, 4) is 0 Å². The van der Waals surface area contributed by atoms with Gasteiger partial charge in [-0.15, -0.1) is 9.67 Å². The predicted octanol–water partition coefficient (Wildman–Crippen LogP) is 3.20. The lowest BCUT2D eigenvalue weighted by Crippen LogP contribution is -2.67. The molecule has 2 unspecified atom stereocenters. The third-order valence-corrected chi connectivity index (χ3v) is 8.00. The summed E-state index contributed by atoms with van der Waals surface area (Å²) in [6, 6.07) is 18.6. The van der Waals surface area contributed by atoms with Gasteiger partial charge < -0.3 is 10.5 Å². The van der Waals surface area contributed by atoms with Crippen LogP contribution in [0.5, 0.6) is 0 Å². The van der Waals surface area contributed by atoms with Crippen molar-refractivity contribution < 1.29 is 18.9 Å². The Morgan fingerprint density at radius 3 is 2.38 bits per heavy atom. The van der Waals surface area contributed by atoms with E-state index in [1.54, 1.807) is 11.8 Å². The van der Waals surface area contributed by atoms with Crippen molar-refractivity contribution in [2.75, 3.05) is 5.75 Å². The fourth-order valence-corrected chi connectivity index (χ4v) is 5.95. The molecule has 2 aliphatic rings. The Balaban J connectivity index is 1.50. The summed E-state index contributed by atoms with van der Waals surface area (Å²) >= 11 is 2.89. The number of fused-ring (bicyclic) bond motifs is 1. The minimum absolute atomic E-state index is 0.255. The molecule has 1 fully saturated rings. The fraction of sp³-hybridized carbons (Fsp3) is 0.240. The van der Waals surface area contributed by atoms with Crippen LogP contribution < -0.4 is 5.73 Å². The zero-order valence-electron chi connectivity index (χ0n) is 18.4. The number of rotatable bonds is 6. The molecule has 2 aliphatic heterocycles. The zero-order chi connectivity index (χ0) is 23.7. The topological polar surface area (TPSA) is 98.2 Å². The van der Waals surface area contributed by atoms with E-state index >= 15 is 0 Å². The molecular formula is C25H23N4O3S2+. The Bertz CT molecular complexity index is 1230. The molecule has 7 nitrogen and oxygen atoms in total. The lowest BCUT2D eigenvalue weighted by atomic mass is 9.98. The number of aryl methyl sites for hydroxylation is 1. The number of esters is 1. The Morgan fingerprint density at radius 1 is 1.15 bits per heavy atom. The summed E-state index contributed by atoms with van der Waals surface area (Å²) in [6.07, 6.45) is 3.16. The number of nitrogens with zero attached hydrogens (tertiary/aromatic N) is 3. The van der Waals surface area contributed by atoms with Gasteiger partial charge in [0.1, 0.15) is 5.69 Å². The maximum atomic E-state index is 13.7. The maximum absolute atomic E-state index is 13.7. The quantitative estimate of drug-likeness (QED) is 0.321. The summed E-state index contributed by atoms with van der Waals surface area (Å²) < 4.78 is 11.6. The average Bonchev–Trinajstić information content (AvgIpc) is 3.30. The summed E-state index contributed by atoms with van der Waals surface area (Å²) in [5.74, 6) is -0.490. The molecule has 5 rings (SSSR count). The fourth-order valence-electron chi connectivity index (χ4n) is 4.13. The molecule has 1 aromatic heterocycles. The molecular weight excluding hydrogens is 468 g/mol. The van der Waals surface area contributed by atoms with E-state index in [0.717, 1.165) is 21.7 Å². The minimum atomic E-state index is -0.609. The number of benzene rings is 2. The van der Waals surface area contributed by atoms with Gasteiger partial charge in [-0.1, -0.05) is 83.0 Å². The molecule has 172 valence electrons. The average molecular weight is 492 g/mol. The molecule has 9 heteroatoms. The van der Waals surface area contributed by atoms with E-state index in [4.69, 9.17) is 10.5 Å². The molecule has 3 atom stereocenters. The predicted molar refractivity (Wildman–Crippen MR) is 132 cm³/mol. The molecule has 1 saturated heterocycles. The third-order valence-electron chi connectivity index (χ3n) is 5.95. The number of thioether (sulfide) groups is 1. The SMILES string of the molecule is Cc1snnc1/C=C\C1CS[C@H]2C(N)C(=O)[N+]2=C1C(=O)OC(c1ccccc1)c1ccccc1. The van der Waals surface area contributed by atoms with E-state index in [0.29, 0.717) is 11.5 Å². The number of hydrogen-bond donors (Lipinski definition) is 1. The Kier molecular flexibility index (Phi) is 6.40. The monoisotopic (exact) mass is 491 g/mol. The molecule has 3 heterocycles. The first kappa shape index (κ1) is 22.6. The lowest BCUT2D eigenvalue weighted by Gasteiger charge is -2.34. The standard InChI is InChI=1S/C25H23N4O3S2/c1-15-19(27-28-34-15)13-12-18-14-33-24-20(26)23(30)29(24)21(18)25(31)32-22(16-8-4-2-5-9-16)17-10-6-3-7-11-17/h2-13,18,20,22,24H,14,26H2,1H3/q+1/b13-12-/t18?,20?,24-/m0/s1. The third kappa shape index (κ3) is 4.22. The van der Waals surface area contributed by atoms with Crippen LogP contribution in [0, 0.1) is 12.8 Å². The highest BCUT2D eigenvalue weighted by molar-refractivity contribution is 8.00. The molecule has 0 bridgehead atoms. The van der Waals surface area contributed by atoms with E-state index in [2.05, 4.69) is 9.59 Å². The second-order valence-corrected chi connectivity index (χ2v) is 10.2. The van der Waals surface area contributed by atoms with Gasteiger partial charge in [0.2, 0.25) is 11.4 Å². The zero-order valence-corrected chi connectivity index (χ0v) is 20.0. The minimum Gasteiger partial charge on any atom is -0.445 e. The number of amides is 1. The molecule has 0 radical (unpaired) electrons. The number of carbonyl (C=O) groups is 2. The number of allylic oxidation sites excluding steroid dienone is 1. The molecule has 2 aromatic carbocycles. The van der Waals surface area contributed by atoms with Crippen LogP contribution in [0.1, 0.15) is 27.8 Å². The van der Waals surface area contributed by atoms with Gasteiger partial charge in [0, 0.05) is 10.6 Å². The van der Waals surface area contributed by atoms with Gasteiger partial charge >= 0.3 is 11.9 Å². The van der Waals surface area contributed by atoms with Crippen molar-refractivity contribution in [2.24, 2.45) is 11.7 Å². The second-order valence-electron chi connectivity index (χ2n) is 8.13. The van der Waals surface area contributed by atoms with Crippen LogP contribution in [-0.4, -0.2) is 48.9 Å². The number of ether oxygens (including phenoxy) is 1. The summed E-state index contributed by atoms with van der Waals surface area (Å²) in [5.41, 5.74) is 8.81. The van der Waals surface area contributed by atoms with Gasteiger partial charge in [-0.25, -0.2) is 9.59 Å². The van der Waals surface area contributed by atoms with E-state index in [1.807, 2.05) is 79.7 Å².